The molecule has 0 bridgehead atoms. The maximum Gasteiger partial charge on any atom is 0.337 e. The first-order valence-corrected chi connectivity index (χ1v) is 10.9. The molecular formula is C28H21NO7. The van der Waals surface area contributed by atoms with Crippen LogP contribution in [0.1, 0.15) is 52.6 Å². The lowest BCUT2D eigenvalue weighted by Gasteiger charge is -2.26. The summed E-state index contributed by atoms with van der Waals surface area (Å²) in [4.78, 5) is 52.1. The first kappa shape index (κ1) is 24.2. The molecule has 4 aromatic carbocycles. The number of aromatic carboxylic acids is 3. The van der Waals surface area contributed by atoms with Gasteiger partial charge in [-0.25, -0.2) is 14.4 Å². The Balaban J connectivity index is 2.00. The van der Waals surface area contributed by atoms with Gasteiger partial charge in [0.05, 0.1) is 22.3 Å². The normalized spacial score (nSPS) is 10.7. The third-order valence-electron chi connectivity index (χ3n) is 5.79. The second-order valence-corrected chi connectivity index (χ2v) is 8.09. The highest BCUT2D eigenvalue weighted by Crippen LogP contribution is 2.33. The summed E-state index contributed by atoms with van der Waals surface area (Å²) < 4.78 is 0. The van der Waals surface area contributed by atoms with Crippen molar-refractivity contribution in [1.29, 1.82) is 0 Å². The molecule has 8 heteroatoms. The number of benzene rings is 4. The molecule has 36 heavy (non-hydrogen) atoms. The fourth-order valence-corrected chi connectivity index (χ4v) is 4.28. The van der Waals surface area contributed by atoms with Crippen LogP contribution in [-0.4, -0.2) is 44.0 Å². The van der Waals surface area contributed by atoms with E-state index in [-0.39, 0.29) is 29.4 Å². The molecule has 180 valence electrons. The number of carboxylic acid groups (broad SMARTS) is 3. The summed E-state index contributed by atoms with van der Waals surface area (Å²) in [5.74, 6) is -5.78. The summed E-state index contributed by atoms with van der Waals surface area (Å²) in [6.45, 7) is 0.232. The number of carbonyl (C=O) groups is 4. The highest BCUT2D eigenvalue weighted by Gasteiger charge is 2.34. The van der Waals surface area contributed by atoms with Gasteiger partial charge in [-0.15, -0.1) is 0 Å². The smallest absolute Gasteiger partial charge is 0.337 e. The largest absolute Gasteiger partial charge is 0.478 e. The van der Waals surface area contributed by atoms with Crippen molar-refractivity contribution in [3.63, 3.8) is 0 Å². The van der Waals surface area contributed by atoms with Crippen LogP contribution in [-0.2, 0) is 13.1 Å². The molecule has 0 aliphatic heterocycles. The molecule has 8 nitrogen and oxygen atoms in total. The van der Waals surface area contributed by atoms with Gasteiger partial charge in [0, 0.05) is 13.1 Å². The Morgan fingerprint density at radius 2 is 0.861 bits per heavy atom. The standard InChI is InChI=1S/C28H21NO7/c30-25(29(15-17-9-3-1-4-10-17)16-18-11-5-2-6-12-18)21-19-13-7-8-14-20(19)22(26(31)32)24(28(35)36)23(21)27(33)34/h1-14H,15-16H2,(H,31,32)(H,33,34)(H,35,36). The molecule has 1 amide bonds. The number of carbonyl (C=O) groups excluding carboxylic acids is 1. The summed E-state index contributed by atoms with van der Waals surface area (Å²) in [6, 6.07) is 24.0. The van der Waals surface area contributed by atoms with Crippen LogP contribution in [0, 0.1) is 0 Å². The van der Waals surface area contributed by atoms with E-state index < -0.39 is 40.5 Å². The predicted octanol–water partition coefficient (Wildman–Crippen LogP) is 4.78. The Morgan fingerprint density at radius 1 is 0.500 bits per heavy atom. The molecule has 3 N–H and O–H groups in total. The molecule has 4 aromatic rings. The molecule has 0 aliphatic carbocycles. The highest BCUT2D eigenvalue weighted by atomic mass is 16.4. The van der Waals surface area contributed by atoms with E-state index in [0.717, 1.165) is 11.1 Å². The van der Waals surface area contributed by atoms with Crippen LogP contribution < -0.4 is 0 Å². The SMILES string of the molecule is O=C(O)c1c(C(=O)O)c(C(=O)N(Cc2ccccc2)Cc2ccccc2)c2ccccc2c1C(=O)O. The highest BCUT2D eigenvalue weighted by molar-refractivity contribution is 6.24. The minimum Gasteiger partial charge on any atom is -0.478 e. The van der Waals surface area contributed by atoms with Gasteiger partial charge in [0.2, 0.25) is 0 Å². The molecule has 0 fully saturated rings. The van der Waals surface area contributed by atoms with Crippen LogP contribution in [0.2, 0.25) is 0 Å². The maximum absolute atomic E-state index is 14.1. The summed E-state index contributed by atoms with van der Waals surface area (Å²) >= 11 is 0. The third-order valence-corrected chi connectivity index (χ3v) is 5.79. The lowest BCUT2D eigenvalue weighted by molar-refractivity contribution is 0.0626. The fraction of sp³-hybridized carbons (Fsp3) is 0.0714. The predicted molar refractivity (Wildman–Crippen MR) is 131 cm³/mol. The Kier molecular flexibility index (Phi) is 6.78. The zero-order chi connectivity index (χ0) is 25.8. The van der Waals surface area contributed by atoms with Crippen molar-refractivity contribution < 1.29 is 34.5 Å². The van der Waals surface area contributed by atoms with E-state index in [9.17, 15) is 34.5 Å². The fourth-order valence-electron chi connectivity index (χ4n) is 4.28. The molecule has 0 spiro atoms. The topological polar surface area (TPSA) is 132 Å². The van der Waals surface area contributed by atoms with Crippen molar-refractivity contribution in [2.24, 2.45) is 0 Å². The van der Waals surface area contributed by atoms with E-state index in [0.29, 0.717) is 0 Å². The maximum atomic E-state index is 14.1. The van der Waals surface area contributed by atoms with Gasteiger partial charge < -0.3 is 20.2 Å². The average Bonchev–Trinajstić information content (AvgIpc) is 2.87. The lowest BCUT2D eigenvalue weighted by Crippen LogP contribution is -2.33. The monoisotopic (exact) mass is 483 g/mol. The molecule has 0 saturated heterocycles. The van der Waals surface area contributed by atoms with E-state index in [1.165, 1.54) is 29.2 Å². The summed E-state index contributed by atoms with van der Waals surface area (Å²) in [7, 11) is 0. The quantitative estimate of drug-likeness (QED) is 0.329. The number of carboxylic acids is 3. The minimum atomic E-state index is -1.75. The second-order valence-electron chi connectivity index (χ2n) is 8.09. The number of fused-ring (bicyclic) bond motifs is 1. The van der Waals surface area contributed by atoms with Crippen LogP contribution in [0.25, 0.3) is 10.8 Å². The van der Waals surface area contributed by atoms with Crippen molar-refractivity contribution in [3.05, 3.63) is 118 Å². The zero-order valence-electron chi connectivity index (χ0n) is 18.9. The molecule has 0 aromatic heterocycles. The number of hydrogen-bond acceptors (Lipinski definition) is 4. The van der Waals surface area contributed by atoms with Gasteiger partial charge in [0.1, 0.15) is 0 Å². The van der Waals surface area contributed by atoms with Crippen molar-refractivity contribution in [1.82, 2.24) is 4.90 Å². The van der Waals surface area contributed by atoms with Gasteiger partial charge in [-0.2, -0.15) is 0 Å². The van der Waals surface area contributed by atoms with Gasteiger partial charge in [-0.05, 0) is 21.9 Å². The van der Waals surface area contributed by atoms with E-state index in [2.05, 4.69) is 0 Å². The summed E-state index contributed by atoms with van der Waals surface area (Å²) in [5, 5.41) is 29.7. The van der Waals surface area contributed by atoms with Gasteiger partial charge in [-0.3, -0.25) is 4.79 Å². The molecular weight excluding hydrogens is 462 g/mol. The summed E-state index contributed by atoms with van der Waals surface area (Å²) in [5.41, 5.74) is -1.27. The van der Waals surface area contributed by atoms with Crippen molar-refractivity contribution in [3.8, 4) is 0 Å². The zero-order valence-corrected chi connectivity index (χ0v) is 18.9. The molecule has 0 heterocycles. The Hall–Kier alpha value is -4.98. The number of amides is 1. The second kappa shape index (κ2) is 10.1. The summed E-state index contributed by atoms with van der Waals surface area (Å²) in [6.07, 6.45) is 0. The van der Waals surface area contributed by atoms with E-state index >= 15 is 0 Å². The lowest BCUT2D eigenvalue weighted by atomic mass is 9.88. The van der Waals surface area contributed by atoms with Crippen LogP contribution in [0.5, 0.6) is 0 Å². The van der Waals surface area contributed by atoms with Gasteiger partial charge in [-0.1, -0.05) is 84.9 Å². The third kappa shape index (κ3) is 4.65. The molecule has 0 aliphatic rings. The molecule has 0 radical (unpaired) electrons. The van der Waals surface area contributed by atoms with Gasteiger partial charge in [0.25, 0.3) is 5.91 Å². The van der Waals surface area contributed by atoms with E-state index in [4.69, 9.17) is 0 Å². The van der Waals surface area contributed by atoms with Gasteiger partial charge in [0.15, 0.2) is 0 Å². The van der Waals surface area contributed by atoms with Crippen molar-refractivity contribution in [2.45, 2.75) is 13.1 Å². The van der Waals surface area contributed by atoms with Crippen LogP contribution in [0.4, 0.5) is 0 Å². The number of nitrogens with zero attached hydrogens (tertiary/aromatic N) is 1. The molecule has 0 atom stereocenters. The van der Waals surface area contributed by atoms with Crippen LogP contribution in [0.15, 0.2) is 84.9 Å². The number of hydrogen-bond donors (Lipinski definition) is 3. The number of rotatable bonds is 8. The minimum absolute atomic E-state index is 0.0323. The first-order chi connectivity index (χ1) is 17.3. The molecule has 0 saturated carbocycles. The first-order valence-electron chi connectivity index (χ1n) is 10.9. The average molecular weight is 483 g/mol. The Morgan fingerprint density at radius 3 is 1.28 bits per heavy atom. The Bertz CT molecular complexity index is 1440. The van der Waals surface area contributed by atoms with E-state index in [1.807, 2.05) is 60.7 Å². The van der Waals surface area contributed by atoms with Crippen molar-refractivity contribution >= 4 is 34.6 Å². The molecule has 4 rings (SSSR count). The van der Waals surface area contributed by atoms with Crippen LogP contribution in [0.3, 0.4) is 0 Å². The Labute approximate surface area is 205 Å². The van der Waals surface area contributed by atoms with E-state index in [1.54, 1.807) is 0 Å². The van der Waals surface area contributed by atoms with Crippen LogP contribution >= 0.6 is 0 Å². The van der Waals surface area contributed by atoms with Gasteiger partial charge >= 0.3 is 17.9 Å². The molecule has 0 unspecified atom stereocenters. The van der Waals surface area contributed by atoms with Crippen molar-refractivity contribution in [2.75, 3.05) is 0 Å².